The van der Waals surface area contributed by atoms with E-state index in [-0.39, 0.29) is 81.9 Å². The smallest absolute Gasteiger partial charge is 0.543 e. The number of carboxylic acids is 1. The van der Waals surface area contributed by atoms with Crippen molar-refractivity contribution < 1.29 is 63.4 Å². The number of aromatic nitrogens is 1. The number of carbonyl (C=O) groups excluding carboxylic acids is 4. The molecule has 3 atom stereocenters. The van der Waals surface area contributed by atoms with E-state index in [9.17, 15) is 24.3 Å². The number of oxime groups is 1. The van der Waals surface area contributed by atoms with Crippen molar-refractivity contribution in [1.29, 1.82) is 0 Å². The number of β-lactam (4-membered cyclic amide) rings is 1. The first-order valence-corrected chi connectivity index (χ1v) is 11.7. The summed E-state index contributed by atoms with van der Waals surface area (Å²) >= 11 is 2.33. The molecule has 2 fully saturated rings. The minimum absolute atomic E-state index is 0. The summed E-state index contributed by atoms with van der Waals surface area (Å²) in [6.45, 7) is 0.0822. The maximum absolute atomic E-state index is 12.8. The number of fused-ring (bicyclic) bond motifs is 1. The van der Waals surface area contributed by atoms with Gasteiger partial charge in [0.05, 0.1) is 17.8 Å². The zero-order valence-electron chi connectivity index (χ0n) is 18.2. The second-order valence-electron chi connectivity index (χ2n) is 7.23. The monoisotopic (exact) mass is 518 g/mol. The molecule has 176 valence electrons. The average molecular weight is 519 g/mol. The number of hydrogen-bond donors (Lipinski definition) is 3. The van der Waals surface area contributed by atoms with E-state index in [4.69, 9.17) is 15.3 Å². The van der Waals surface area contributed by atoms with Crippen LogP contribution in [0.1, 0.15) is 18.5 Å². The third kappa shape index (κ3) is 5.17. The first kappa shape index (κ1) is 26.3. The molecule has 0 saturated carbocycles. The maximum atomic E-state index is 12.8. The van der Waals surface area contributed by atoms with Crippen molar-refractivity contribution in [2.75, 3.05) is 25.2 Å². The molecule has 0 radical (unpaired) electrons. The van der Waals surface area contributed by atoms with Gasteiger partial charge in [-0.1, -0.05) is 5.16 Å². The molecule has 1 unspecified atom stereocenters. The van der Waals surface area contributed by atoms with Crippen LogP contribution >= 0.6 is 23.1 Å². The van der Waals surface area contributed by atoms with Gasteiger partial charge in [-0.05, 0) is 6.42 Å². The van der Waals surface area contributed by atoms with Gasteiger partial charge in [0, 0.05) is 11.8 Å². The van der Waals surface area contributed by atoms with E-state index in [0.29, 0.717) is 12.8 Å². The Balaban J connectivity index is 0.00000324. The van der Waals surface area contributed by atoms with Gasteiger partial charge in [-0.25, -0.2) is 4.98 Å². The topological polar surface area (TPSA) is 188 Å². The molecule has 3 amide bonds. The van der Waals surface area contributed by atoms with E-state index in [1.807, 2.05) is 0 Å². The molecule has 13 nitrogen and oxygen atoms in total. The summed E-state index contributed by atoms with van der Waals surface area (Å²) in [5.74, 6) is -2.79. The van der Waals surface area contributed by atoms with Gasteiger partial charge in [-0.15, -0.1) is 23.1 Å². The Kier molecular flexibility index (Phi) is 8.46. The molecule has 3 aliphatic rings. The quantitative estimate of drug-likeness (QED) is 0.130. The van der Waals surface area contributed by atoms with Crippen molar-refractivity contribution >= 4 is 57.6 Å². The predicted molar refractivity (Wildman–Crippen MR) is 114 cm³/mol. The Hall–Kier alpha value is -2.33. The van der Waals surface area contributed by atoms with Crippen molar-refractivity contribution in [3.63, 3.8) is 0 Å². The summed E-state index contributed by atoms with van der Waals surface area (Å²) < 4.78 is 5.62. The number of thioether (sulfide) groups is 1. The number of nitrogen functional groups attached to an aromatic ring is 1. The molecular weight excluding hydrogens is 499 g/mol. The van der Waals surface area contributed by atoms with E-state index in [2.05, 4.69) is 20.8 Å². The van der Waals surface area contributed by atoms with Gasteiger partial charge in [-0.2, -0.15) is 0 Å². The second kappa shape index (κ2) is 10.9. The molecule has 0 bridgehead atoms. The Bertz CT molecular complexity index is 1080. The van der Waals surface area contributed by atoms with Crippen LogP contribution in [0.25, 0.3) is 0 Å². The van der Waals surface area contributed by atoms with Crippen LogP contribution < -0.4 is 51.0 Å². The summed E-state index contributed by atoms with van der Waals surface area (Å²) in [5, 5.41) is 21.8. The average Bonchev–Trinajstić information content (AvgIpc) is 3.40. The fourth-order valence-electron chi connectivity index (χ4n) is 3.60. The van der Waals surface area contributed by atoms with Crippen molar-refractivity contribution in [1.82, 2.24) is 20.5 Å². The molecule has 4 rings (SSSR count). The van der Waals surface area contributed by atoms with Gasteiger partial charge < -0.3 is 35.8 Å². The molecule has 2 saturated heterocycles. The standard InChI is InChI=1S/C18H20N6O7S2.Na/c1-30-23-11(8-5-33-18(19)21-8)14(26)22-12-15(27)24-13(17(28)29)9(6-32-16(12)24)31-4-7-2-3-10(25)20-7;/h5,7,12,16H,2-4,6H2,1H3,(H2,19,21)(H,20,25)(H,22,26)(H,28,29);/q;+1/p-1/b23-11-;/t7?,12-,16-;/m1./s1. The summed E-state index contributed by atoms with van der Waals surface area (Å²) in [4.78, 5) is 58.4. The van der Waals surface area contributed by atoms with Gasteiger partial charge in [-0.3, -0.25) is 19.3 Å². The zero-order chi connectivity index (χ0) is 23.7. The van der Waals surface area contributed by atoms with E-state index >= 15 is 0 Å². The van der Waals surface area contributed by atoms with Gasteiger partial charge in [0.1, 0.15) is 42.3 Å². The number of rotatable bonds is 8. The fourth-order valence-corrected chi connectivity index (χ4v) is 5.42. The number of carboxylic acid groups (broad SMARTS) is 1. The van der Waals surface area contributed by atoms with Crippen LogP contribution in [0.15, 0.2) is 22.0 Å². The van der Waals surface area contributed by atoms with Crippen LogP contribution in [0.2, 0.25) is 0 Å². The largest absolute Gasteiger partial charge is 1.00 e. The zero-order valence-corrected chi connectivity index (χ0v) is 21.9. The van der Waals surface area contributed by atoms with Gasteiger partial charge in [0.15, 0.2) is 10.8 Å². The Labute approximate surface area is 223 Å². The minimum atomic E-state index is -1.57. The number of nitrogens with two attached hydrogens (primary N) is 1. The number of aliphatic carboxylic acids is 1. The van der Waals surface area contributed by atoms with Crippen molar-refractivity contribution in [3.05, 3.63) is 22.5 Å². The molecule has 4 N–H and O–H groups in total. The van der Waals surface area contributed by atoms with E-state index in [1.165, 1.54) is 24.3 Å². The maximum Gasteiger partial charge on any atom is 1.00 e. The minimum Gasteiger partial charge on any atom is -0.543 e. The molecule has 16 heteroatoms. The predicted octanol–water partition coefficient (Wildman–Crippen LogP) is -5.26. The van der Waals surface area contributed by atoms with Crippen LogP contribution in [-0.4, -0.2) is 76.2 Å². The first-order chi connectivity index (χ1) is 15.8. The first-order valence-electron chi connectivity index (χ1n) is 9.74. The number of hydrogen-bond acceptors (Lipinski definition) is 12. The molecule has 34 heavy (non-hydrogen) atoms. The number of thiazole rings is 1. The van der Waals surface area contributed by atoms with Crippen LogP contribution in [0.3, 0.4) is 0 Å². The number of amides is 3. The summed E-state index contributed by atoms with van der Waals surface area (Å²) in [6, 6.07) is -1.22. The van der Waals surface area contributed by atoms with Crippen molar-refractivity contribution in [2.24, 2.45) is 5.16 Å². The molecule has 4 heterocycles. The van der Waals surface area contributed by atoms with Crippen LogP contribution in [-0.2, 0) is 28.8 Å². The van der Waals surface area contributed by atoms with Crippen molar-refractivity contribution in [3.8, 4) is 0 Å². The summed E-state index contributed by atoms with van der Waals surface area (Å²) in [6.07, 6.45) is 0.959. The third-order valence-corrected chi connectivity index (χ3v) is 7.05. The molecule has 3 aliphatic heterocycles. The van der Waals surface area contributed by atoms with Crippen LogP contribution in [0.4, 0.5) is 5.13 Å². The van der Waals surface area contributed by atoms with E-state index in [1.54, 1.807) is 0 Å². The fraction of sp³-hybridized carbons (Fsp3) is 0.444. The number of anilines is 1. The van der Waals surface area contributed by atoms with Gasteiger partial charge >= 0.3 is 29.6 Å². The Morgan fingerprint density at radius 1 is 1.44 bits per heavy atom. The second-order valence-corrected chi connectivity index (χ2v) is 9.22. The molecule has 1 aromatic rings. The van der Waals surface area contributed by atoms with Crippen LogP contribution in [0, 0.1) is 0 Å². The SMILES string of the molecule is CO/N=C(\C(=O)N[C@@H]1C(=O)N2C(C(=O)[O-])=C(OCC3CCC(=O)N3)CS[C@H]12)c1csc(N)n1.[Na+]. The van der Waals surface area contributed by atoms with Gasteiger partial charge in [0.25, 0.3) is 11.8 Å². The normalized spacial score (nSPS) is 24.0. The molecular formula is C18H19N6NaO7S2. The molecule has 0 aromatic carbocycles. The summed E-state index contributed by atoms with van der Waals surface area (Å²) in [5.41, 5.74) is 5.24. The Morgan fingerprint density at radius 2 is 2.21 bits per heavy atom. The van der Waals surface area contributed by atoms with E-state index < -0.39 is 29.2 Å². The molecule has 0 aliphatic carbocycles. The number of ether oxygens (including phenoxy) is 1. The number of nitrogens with zero attached hydrogens (tertiary/aromatic N) is 3. The number of carbonyl (C=O) groups is 4. The summed E-state index contributed by atoms with van der Waals surface area (Å²) in [7, 11) is 1.26. The Morgan fingerprint density at radius 3 is 2.79 bits per heavy atom. The van der Waals surface area contributed by atoms with Crippen LogP contribution in [0.5, 0.6) is 0 Å². The van der Waals surface area contributed by atoms with E-state index in [0.717, 1.165) is 16.2 Å². The third-order valence-electron chi connectivity index (χ3n) is 5.12. The number of nitrogens with one attached hydrogen (secondary N) is 2. The molecule has 1 aromatic heterocycles. The van der Waals surface area contributed by atoms with Crippen molar-refractivity contribution in [2.45, 2.75) is 30.3 Å². The van der Waals surface area contributed by atoms with Gasteiger partial charge in [0.2, 0.25) is 5.91 Å². The molecule has 0 spiro atoms.